The van der Waals surface area contributed by atoms with Gasteiger partial charge in [0.2, 0.25) is 0 Å². The number of carbonyl (C=O) groups is 3. The van der Waals surface area contributed by atoms with Crippen LogP contribution in [0.1, 0.15) is 19.3 Å². The van der Waals surface area contributed by atoms with E-state index in [-0.39, 0.29) is 19.4 Å². The molecule has 0 saturated carbocycles. The Morgan fingerprint density at radius 1 is 1.27 bits per heavy atom. The number of hydroxylamine groups is 2. The van der Waals surface area contributed by atoms with Gasteiger partial charge in [0.05, 0.1) is 30.8 Å². The number of benzene rings is 1. The minimum Gasteiger partial charge on any atom is -0.368 e. The van der Waals surface area contributed by atoms with Crippen LogP contribution in [0.5, 0.6) is 0 Å². The largest absolute Gasteiger partial charge is 0.368 e. The van der Waals surface area contributed by atoms with E-state index in [1.807, 2.05) is 0 Å². The maximum Gasteiger partial charge on any atom is 0.338 e. The van der Waals surface area contributed by atoms with Crippen LogP contribution < -0.4 is 4.90 Å². The van der Waals surface area contributed by atoms with Crippen LogP contribution in [0.3, 0.4) is 0 Å². The first-order valence-electron chi connectivity index (χ1n) is 7.99. The third-order valence-electron chi connectivity index (χ3n) is 4.17. The number of amides is 2. The van der Waals surface area contributed by atoms with Gasteiger partial charge in [-0.3, -0.25) is 9.59 Å². The highest BCUT2D eigenvalue weighted by atomic mass is 32.2. The van der Waals surface area contributed by atoms with Gasteiger partial charge in [0, 0.05) is 30.8 Å². The number of halogens is 1. The summed E-state index contributed by atoms with van der Waals surface area (Å²) in [4.78, 5) is 46.9. The second kappa shape index (κ2) is 8.02. The van der Waals surface area contributed by atoms with Gasteiger partial charge in [-0.05, 0) is 24.6 Å². The van der Waals surface area contributed by atoms with Crippen LogP contribution in [0.4, 0.5) is 10.1 Å². The molecule has 1 atom stereocenters. The summed E-state index contributed by atoms with van der Waals surface area (Å²) < 4.78 is 19.0. The topological polar surface area (TPSA) is 85.4 Å². The lowest BCUT2D eigenvalue weighted by Crippen LogP contribution is -2.35. The highest BCUT2D eigenvalue weighted by Gasteiger charge is 2.37. The average molecular weight is 384 g/mol. The van der Waals surface area contributed by atoms with Gasteiger partial charge in [0.15, 0.2) is 0 Å². The van der Waals surface area contributed by atoms with Crippen LogP contribution in [0.2, 0.25) is 0 Å². The summed E-state index contributed by atoms with van der Waals surface area (Å²) in [6.45, 7) is 0.701. The Morgan fingerprint density at radius 2 is 2.00 bits per heavy atom. The van der Waals surface area contributed by atoms with Gasteiger partial charge in [0.1, 0.15) is 5.82 Å². The van der Waals surface area contributed by atoms with Crippen molar-refractivity contribution in [3.05, 3.63) is 24.0 Å². The number of nitrogens with zero attached hydrogens (tertiary/aromatic N) is 2. The molecule has 0 aliphatic carbocycles. The van der Waals surface area contributed by atoms with Crippen molar-refractivity contribution in [3.63, 3.8) is 0 Å². The molecule has 0 unspecified atom stereocenters. The molecule has 2 heterocycles. The van der Waals surface area contributed by atoms with Crippen LogP contribution in [-0.2, 0) is 28.4 Å². The van der Waals surface area contributed by atoms with Gasteiger partial charge in [-0.15, -0.1) is 5.06 Å². The summed E-state index contributed by atoms with van der Waals surface area (Å²) >= 11 is 0.885. The van der Waals surface area contributed by atoms with Crippen molar-refractivity contribution in [1.82, 2.24) is 5.06 Å². The third-order valence-corrected chi connectivity index (χ3v) is 4.82. The number of imide groups is 1. The molecule has 0 radical (unpaired) electrons. The van der Waals surface area contributed by atoms with Crippen molar-refractivity contribution in [2.45, 2.75) is 24.2 Å². The Bertz CT molecular complexity index is 715. The van der Waals surface area contributed by atoms with Gasteiger partial charge < -0.3 is 9.74 Å². The standard InChI is InChI=1S/C16H17FN2O6S/c1-23-25-26-11-2-3-13(12(17)8-11)18-7-6-10(9-18)16(22)24-19-14(20)4-5-15(19)21/h2-3,8,10H,4-7,9H2,1H3/t10-/m0/s1. The Labute approximate surface area is 153 Å². The number of hydrogen-bond acceptors (Lipinski definition) is 8. The van der Waals surface area contributed by atoms with E-state index in [1.165, 1.54) is 13.2 Å². The van der Waals surface area contributed by atoms with E-state index in [1.54, 1.807) is 17.0 Å². The van der Waals surface area contributed by atoms with E-state index in [2.05, 4.69) is 9.22 Å². The summed E-state index contributed by atoms with van der Waals surface area (Å²) in [6.07, 6.45) is 0.536. The lowest BCUT2D eigenvalue weighted by Gasteiger charge is -2.20. The summed E-state index contributed by atoms with van der Waals surface area (Å²) in [7, 11) is 1.35. The molecule has 0 spiro atoms. The molecule has 140 valence electrons. The zero-order valence-corrected chi connectivity index (χ0v) is 14.8. The summed E-state index contributed by atoms with van der Waals surface area (Å²) in [5.74, 6) is -2.68. The van der Waals surface area contributed by atoms with Crippen LogP contribution in [0, 0.1) is 11.7 Å². The minimum atomic E-state index is -0.655. The second-order valence-electron chi connectivity index (χ2n) is 5.86. The summed E-state index contributed by atoms with van der Waals surface area (Å²) in [5.41, 5.74) is 0.357. The molecule has 2 fully saturated rings. The smallest absolute Gasteiger partial charge is 0.338 e. The van der Waals surface area contributed by atoms with Crippen molar-refractivity contribution >= 4 is 35.5 Å². The Kier molecular flexibility index (Phi) is 5.74. The molecule has 8 nitrogen and oxygen atoms in total. The Hall–Kier alpha value is -2.17. The summed E-state index contributed by atoms with van der Waals surface area (Å²) in [6, 6.07) is 4.58. The second-order valence-corrected chi connectivity index (χ2v) is 6.63. The maximum absolute atomic E-state index is 14.3. The SMILES string of the molecule is COOSc1ccc(N2CC[C@H](C(=O)ON3C(=O)CCC3=O)C2)c(F)c1. The molecule has 2 aliphatic heterocycles. The fourth-order valence-electron chi connectivity index (χ4n) is 2.86. The molecule has 26 heavy (non-hydrogen) atoms. The normalized spacial score (nSPS) is 20.2. The van der Waals surface area contributed by atoms with Crippen molar-refractivity contribution in [2.24, 2.45) is 5.92 Å². The first-order chi connectivity index (χ1) is 12.5. The average Bonchev–Trinajstić information content (AvgIpc) is 3.22. The van der Waals surface area contributed by atoms with Gasteiger partial charge in [-0.25, -0.2) is 14.1 Å². The molecule has 3 rings (SSSR count). The molecule has 2 aliphatic rings. The van der Waals surface area contributed by atoms with Gasteiger partial charge >= 0.3 is 5.97 Å². The van der Waals surface area contributed by atoms with Crippen LogP contribution in [0.15, 0.2) is 23.1 Å². The van der Waals surface area contributed by atoms with Crippen molar-refractivity contribution in [2.75, 3.05) is 25.1 Å². The molecular weight excluding hydrogens is 367 g/mol. The van der Waals surface area contributed by atoms with E-state index < -0.39 is 29.5 Å². The van der Waals surface area contributed by atoms with E-state index in [0.29, 0.717) is 28.6 Å². The molecule has 10 heteroatoms. The zero-order chi connectivity index (χ0) is 18.7. The van der Waals surface area contributed by atoms with Gasteiger partial charge in [-0.2, -0.15) is 4.33 Å². The van der Waals surface area contributed by atoms with Crippen molar-refractivity contribution < 1.29 is 32.8 Å². The predicted molar refractivity (Wildman–Crippen MR) is 87.9 cm³/mol. The zero-order valence-electron chi connectivity index (χ0n) is 14.0. The number of hydrogen-bond donors (Lipinski definition) is 0. The van der Waals surface area contributed by atoms with E-state index in [0.717, 1.165) is 12.0 Å². The Balaban J connectivity index is 1.60. The fraction of sp³-hybridized carbons (Fsp3) is 0.438. The van der Waals surface area contributed by atoms with Crippen LogP contribution >= 0.6 is 12.0 Å². The highest BCUT2D eigenvalue weighted by molar-refractivity contribution is 7.94. The monoisotopic (exact) mass is 384 g/mol. The highest BCUT2D eigenvalue weighted by Crippen LogP contribution is 2.30. The third kappa shape index (κ3) is 3.97. The van der Waals surface area contributed by atoms with Gasteiger partial charge in [0.25, 0.3) is 11.8 Å². The number of rotatable bonds is 6. The summed E-state index contributed by atoms with van der Waals surface area (Å²) in [5, 5.41) is 0.535. The molecular formula is C16H17FN2O6S. The van der Waals surface area contributed by atoms with Crippen molar-refractivity contribution in [1.29, 1.82) is 0 Å². The lowest BCUT2D eigenvalue weighted by molar-refractivity contribution is -0.200. The van der Waals surface area contributed by atoms with Gasteiger partial charge in [-0.1, -0.05) is 0 Å². The molecule has 2 saturated heterocycles. The Morgan fingerprint density at radius 3 is 2.65 bits per heavy atom. The van der Waals surface area contributed by atoms with Crippen molar-refractivity contribution in [3.8, 4) is 0 Å². The molecule has 0 aromatic heterocycles. The molecule has 0 N–H and O–H groups in total. The quantitative estimate of drug-likeness (QED) is 0.318. The number of carbonyl (C=O) groups excluding carboxylic acids is 3. The lowest BCUT2D eigenvalue weighted by atomic mass is 10.1. The first kappa shape index (κ1) is 18.6. The van der Waals surface area contributed by atoms with Crippen LogP contribution in [0.25, 0.3) is 0 Å². The molecule has 0 bridgehead atoms. The predicted octanol–water partition coefficient (Wildman–Crippen LogP) is 1.84. The van der Waals surface area contributed by atoms with E-state index >= 15 is 0 Å². The minimum absolute atomic E-state index is 0.0469. The van der Waals surface area contributed by atoms with E-state index in [4.69, 9.17) is 4.84 Å². The van der Waals surface area contributed by atoms with Crippen LogP contribution in [-0.4, -0.2) is 43.0 Å². The van der Waals surface area contributed by atoms with E-state index in [9.17, 15) is 18.8 Å². The number of anilines is 1. The molecule has 1 aromatic rings. The maximum atomic E-state index is 14.3. The first-order valence-corrected chi connectivity index (χ1v) is 8.73. The molecule has 2 amide bonds. The fourth-order valence-corrected chi connectivity index (χ4v) is 3.28. The molecule has 1 aromatic carbocycles.